The quantitative estimate of drug-likeness (QED) is 0.605. The highest BCUT2D eigenvalue weighted by Gasteiger charge is 2.22. The molecule has 31 heavy (non-hydrogen) atoms. The van der Waals surface area contributed by atoms with Crippen LogP contribution in [0.4, 0.5) is 10.5 Å². The third-order valence-electron chi connectivity index (χ3n) is 5.31. The van der Waals surface area contributed by atoms with Crippen molar-refractivity contribution in [2.45, 2.75) is 32.5 Å². The Morgan fingerprint density at radius 2 is 1.55 bits per heavy atom. The first-order chi connectivity index (χ1) is 14.8. The molecule has 0 radical (unpaired) electrons. The van der Waals surface area contributed by atoms with Gasteiger partial charge in [-0.15, -0.1) is 0 Å². The summed E-state index contributed by atoms with van der Waals surface area (Å²) in [6.07, 6.45) is 0. The zero-order valence-electron chi connectivity index (χ0n) is 18.7. The minimum absolute atomic E-state index is 0.230. The van der Waals surface area contributed by atoms with Crippen molar-refractivity contribution < 1.29 is 14.6 Å². The van der Waals surface area contributed by atoms with Crippen molar-refractivity contribution in [1.82, 2.24) is 15.1 Å². The fourth-order valence-electron chi connectivity index (χ4n) is 3.71. The van der Waals surface area contributed by atoms with E-state index in [1.165, 1.54) is 5.56 Å². The maximum absolute atomic E-state index is 12.2. The molecule has 3 N–H and O–H groups in total. The summed E-state index contributed by atoms with van der Waals surface area (Å²) >= 11 is 0. The third-order valence-corrected chi connectivity index (χ3v) is 5.31. The lowest BCUT2D eigenvalue weighted by molar-refractivity contribution is 0.0167. The Kier molecular flexibility index (Phi) is 7.90. The van der Waals surface area contributed by atoms with Crippen LogP contribution in [0, 0.1) is 0 Å². The molecule has 2 amide bonds. The smallest absolute Gasteiger partial charge is 0.319 e. The second-order valence-electron chi connectivity index (χ2n) is 8.72. The van der Waals surface area contributed by atoms with E-state index in [0.717, 1.165) is 49.7 Å². The highest BCUT2D eigenvalue weighted by atomic mass is 16.5. The number of urea groups is 1. The number of nitrogens with zero attached hydrogens (tertiary/aromatic N) is 2. The largest absolute Gasteiger partial charge is 0.497 e. The van der Waals surface area contributed by atoms with E-state index in [2.05, 4.69) is 32.6 Å². The molecule has 7 heteroatoms. The average molecular weight is 427 g/mol. The number of hydrogen-bond donors (Lipinski definition) is 3. The summed E-state index contributed by atoms with van der Waals surface area (Å²) in [7, 11) is 1.63. The lowest BCUT2D eigenvalue weighted by Gasteiger charge is -2.37. The molecule has 0 atom stereocenters. The van der Waals surface area contributed by atoms with Gasteiger partial charge in [0.15, 0.2) is 0 Å². The lowest BCUT2D eigenvalue weighted by atomic mass is 10.1. The van der Waals surface area contributed by atoms with Crippen LogP contribution in [0.3, 0.4) is 0 Å². The van der Waals surface area contributed by atoms with E-state index in [1.807, 2.05) is 50.2 Å². The van der Waals surface area contributed by atoms with Crippen LogP contribution < -0.4 is 15.4 Å². The van der Waals surface area contributed by atoms with Gasteiger partial charge in [0.1, 0.15) is 5.75 Å². The van der Waals surface area contributed by atoms with Gasteiger partial charge >= 0.3 is 6.03 Å². The molecule has 1 saturated heterocycles. The predicted octanol–water partition coefficient (Wildman–Crippen LogP) is 2.91. The molecular formula is C24H34N4O3. The zero-order chi connectivity index (χ0) is 22.3. The number of methoxy groups -OCH3 is 1. The van der Waals surface area contributed by atoms with Gasteiger partial charge in [-0.25, -0.2) is 4.79 Å². The van der Waals surface area contributed by atoms with Gasteiger partial charge in [0.05, 0.1) is 12.7 Å². The van der Waals surface area contributed by atoms with Crippen molar-refractivity contribution in [3.05, 3.63) is 59.7 Å². The summed E-state index contributed by atoms with van der Waals surface area (Å²) in [6, 6.07) is 15.4. The number of carbonyl (C=O) groups is 1. The van der Waals surface area contributed by atoms with E-state index in [-0.39, 0.29) is 6.03 Å². The van der Waals surface area contributed by atoms with Crippen LogP contribution in [-0.4, -0.2) is 66.4 Å². The van der Waals surface area contributed by atoms with Gasteiger partial charge in [-0.1, -0.05) is 24.3 Å². The molecule has 0 aliphatic carbocycles. The Balaban J connectivity index is 1.40. The monoisotopic (exact) mass is 426 g/mol. The Hall–Kier alpha value is -2.61. The summed E-state index contributed by atoms with van der Waals surface area (Å²) < 4.78 is 5.14. The standard InChI is InChI=1S/C24H34N4O3/c1-24(2,30)18-28-14-12-27(13-15-28)17-20-4-8-21(9-5-20)26-23(29)25-16-19-6-10-22(31-3)11-7-19/h4-11,30H,12-18H2,1-3H3,(H2,25,26,29). The number of carbonyl (C=O) groups excluding carboxylic acids is 1. The van der Waals surface area contributed by atoms with Gasteiger partial charge in [0.2, 0.25) is 0 Å². The molecule has 1 aliphatic heterocycles. The maximum Gasteiger partial charge on any atom is 0.319 e. The van der Waals surface area contributed by atoms with Gasteiger partial charge in [-0.3, -0.25) is 9.80 Å². The molecule has 1 fully saturated rings. The highest BCUT2D eigenvalue weighted by molar-refractivity contribution is 5.89. The van der Waals surface area contributed by atoms with Crippen LogP contribution in [0.5, 0.6) is 5.75 Å². The van der Waals surface area contributed by atoms with Crippen LogP contribution in [0.2, 0.25) is 0 Å². The molecule has 2 aromatic carbocycles. The van der Waals surface area contributed by atoms with Crippen molar-refractivity contribution in [2.75, 3.05) is 45.2 Å². The van der Waals surface area contributed by atoms with E-state index in [9.17, 15) is 9.90 Å². The number of amides is 2. The van der Waals surface area contributed by atoms with Crippen LogP contribution in [0.25, 0.3) is 0 Å². The summed E-state index contributed by atoms with van der Waals surface area (Å²) in [4.78, 5) is 16.9. The van der Waals surface area contributed by atoms with Gasteiger partial charge in [0.25, 0.3) is 0 Å². The summed E-state index contributed by atoms with van der Waals surface area (Å²) in [5.41, 5.74) is 2.35. The van der Waals surface area contributed by atoms with E-state index >= 15 is 0 Å². The number of β-amino-alcohol motifs (C(OH)–C–C–N with tert-alkyl or cyclic N) is 1. The first-order valence-electron chi connectivity index (χ1n) is 10.7. The van der Waals surface area contributed by atoms with E-state index in [4.69, 9.17) is 4.74 Å². The van der Waals surface area contributed by atoms with Gasteiger partial charge in [-0.2, -0.15) is 0 Å². The minimum atomic E-state index is -0.647. The molecular weight excluding hydrogens is 392 g/mol. The Labute approximate surface area is 185 Å². The number of ether oxygens (including phenoxy) is 1. The van der Waals surface area contributed by atoms with Crippen LogP contribution in [-0.2, 0) is 13.1 Å². The second-order valence-corrected chi connectivity index (χ2v) is 8.72. The zero-order valence-corrected chi connectivity index (χ0v) is 18.7. The Bertz CT molecular complexity index is 823. The van der Waals surface area contributed by atoms with Crippen molar-refractivity contribution in [3.8, 4) is 5.75 Å². The normalized spacial score (nSPS) is 15.5. The maximum atomic E-state index is 12.2. The topological polar surface area (TPSA) is 77.1 Å². The summed E-state index contributed by atoms with van der Waals surface area (Å²) in [5.74, 6) is 0.796. The highest BCUT2D eigenvalue weighted by Crippen LogP contribution is 2.15. The number of anilines is 1. The van der Waals surface area contributed by atoms with Gasteiger partial charge in [0, 0.05) is 51.5 Å². The lowest BCUT2D eigenvalue weighted by Crippen LogP contribution is -2.50. The van der Waals surface area contributed by atoms with Crippen molar-refractivity contribution in [1.29, 1.82) is 0 Å². The van der Waals surface area contributed by atoms with Crippen LogP contribution in [0.1, 0.15) is 25.0 Å². The number of aliphatic hydroxyl groups is 1. The minimum Gasteiger partial charge on any atom is -0.497 e. The predicted molar refractivity (Wildman–Crippen MR) is 123 cm³/mol. The fraction of sp³-hybridized carbons (Fsp3) is 0.458. The fourth-order valence-corrected chi connectivity index (χ4v) is 3.71. The Morgan fingerprint density at radius 3 is 2.13 bits per heavy atom. The number of nitrogens with one attached hydrogen (secondary N) is 2. The van der Waals surface area contributed by atoms with E-state index in [0.29, 0.717) is 13.1 Å². The molecule has 7 nitrogen and oxygen atoms in total. The molecule has 0 aromatic heterocycles. The second kappa shape index (κ2) is 10.6. The molecule has 3 rings (SSSR count). The van der Waals surface area contributed by atoms with E-state index in [1.54, 1.807) is 7.11 Å². The molecule has 0 unspecified atom stereocenters. The number of rotatable bonds is 8. The van der Waals surface area contributed by atoms with Crippen LogP contribution in [0.15, 0.2) is 48.5 Å². The molecule has 168 valence electrons. The van der Waals surface area contributed by atoms with Gasteiger partial charge in [-0.05, 0) is 49.2 Å². The first-order valence-corrected chi connectivity index (χ1v) is 10.7. The van der Waals surface area contributed by atoms with E-state index < -0.39 is 5.60 Å². The van der Waals surface area contributed by atoms with Crippen molar-refractivity contribution >= 4 is 11.7 Å². The molecule has 0 saturated carbocycles. The molecule has 1 aliphatic rings. The number of piperazine rings is 1. The summed E-state index contributed by atoms with van der Waals surface area (Å²) in [6.45, 7) is 9.68. The molecule has 0 spiro atoms. The average Bonchev–Trinajstić information content (AvgIpc) is 2.74. The third kappa shape index (κ3) is 7.86. The molecule has 2 aromatic rings. The summed E-state index contributed by atoms with van der Waals surface area (Å²) in [5, 5.41) is 15.7. The number of hydrogen-bond acceptors (Lipinski definition) is 5. The Morgan fingerprint density at radius 1 is 0.968 bits per heavy atom. The number of benzene rings is 2. The van der Waals surface area contributed by atoms with Crippen molar-refractivity contribution in [2.24, 2.45) is 0 Å². The molecule has 1 heterocycles. The SMILES string of the molecule is COc1ccc(CNC(=O)Nc2ccc(CN3CCN(CC(C)(C)O)CC3)cc2)cc1. The van der Waals surface area contributed by atoms with Crippen molar-refractivity contribution in [3.63, 3.8) is 0 Å². The first kappa shape index (κ1) is 23.1. The van der Waals surface area contributed by atoms with Crippen LogP contribution >= 0.6 is 0 Å². The molecule has 0 bridgehead atoms. The van der Waals surface area contributed by atoms with Gasteiger partial charge < -0.3 is 20.5 Å².